The van der Waals surface area contributed by atoms with Crippen LogP contribution in [0.4, 0.5) is 4.39 Å². The molecule has 4 heteroatoms. The molecule has 1 unspecified atom stereocenters. The Kier molecular flexibility index (Phi) is 3.67. The predicted octanol–water partition coefficient (Wildman–Crippen LogP) is 2.71. The van der Waals surface area contributed by atoms with Crippen molar-refractivity contribution in [2.75, 3.05) is 0 Å². The summed E-state index contributed by atoms with van der Waals surface area (Å²) in [6.07, 6.45) is 3.33. The molecule has 18 heavy (non-hydrogen) atoms. The van der Waals surface area contributed by atoms with Crippen molar-refractivity contribution in [3.8, 4) is 0 Å². The quantitative estimate of drug-likeness (QED) is 0.902. The van der Waals surface area contributed by atoms with Crippen LogP contribution >= 0.6 is 0 Å². The van der Waals surface area contributed by atoms with Gasteiger partial charge < -0.3 is 5.32 Å². The van der Waals surface area contributed by atoms with Crippen LogP contribution in [0.25, 0.3) is 0 Å². The Morgan fingerprint density at radius 2 is 2.06 bits per heavy atom. The molecule has 1 aromatic heterocycles. The number of amides is 1. The standard InChI is InChI=1S/C14H13FN2O/c1-10(11-5-4-8-16-9-11)17-14(18)12-6-2-3-7-13(12)15/h2-10H,1H3,(H,17,18). The average Bonchev–Trinajstić information content (AvgIpc) is 2.40. The van der Waals surface area contributed by atoms with Crippen LogP contribution in [0.2, 0.25) is 0 Å². The topological polar surface area (TPSA) is 42.0 Å². The lowest BCUT2D eigenvalue weighted by atomic mass is 10.1. The summed E-state index contributed by atoms with van der Waals surface area (Å²) >= 11 is 0. The zero-order valence-corrected chi connectivity index (χ0v) is 9.93. The van der Waals surface area contributed by atoms with E-state index in [2.05, 4.69) is 10.3 Å². The molecule has 0 radical (unpaired) electrons. The monoisotopic (exact) mass is 244 g/mol. The molecular formula is C14H13FN2O. The third-order valence-electron chi connectivity index (χ3n) is 2.65. The molecule has 1 amide bonds. The summed E-state index contributed by atoms with van der Waals surface area (Å²) in [6, 6.07) is 9.35. The summed E-state index contributed by atoms with van der Waals surface area (Å²) in [4.78, 5) is 15.9. The molecule has 0 aliphatic heterocycles. The van der Waals surface area contributed by atoms with Crippen molar-refractivity contribution in [2.45, 2.75) is 13.0 Å². The fourth-order valence-corrected chi connectivity index (χ4v) is 1.64. The highest BCUT2D eigenvalue weighted by Crippen LogP contribution is 2.12. The highest BCUT2D eigenvalue weighted by atomic mass is 19.1. The van der Waals surface area contributed by atoms with E-state index in [9.17, 15) is 9.18 Å². The van der Waals surface area contributed by atoms with E-state index >= 15 is 0 Å². The summed E-state index contributed by atoms with van der Waals surface area (Å²) < 4.78 is 13.4. The van der Waals surface area contributed by atoms with Gasteiger partial charge in [0.1, 0.15) is 5.82 Å². The molecule has 92 valence electrons. The molecule has 0 saturated heterocycles. The third kappa shape index (κ3) is 2.71. The Balaban J connectivity index is 2.11. The van der Waals surface area contributed by atoms with Gasteiger partial charge in [0.25, 0.3) is 5.91 Å². The summed E-state index contributed by atoms with van der Waals surface area (Å²) in [5.41, 5.74) is 0.926. The number of benzene rings is 1. The maximum atomic E-state index is 13.4. The summed E-state index contributed by atoms with van der Waals surface area (Å²) in [5.74, 6) is -0.946. The van der Waals surface area contributed by atoms with Gasteiger partial charge in [0, 0.05) is 12.4 Å². The van der Waals surface area contributed by atoms with E-state index in [0.717, 1.165) is 5.56 Å². The highest BCUT2D eigenvalue weighted by molar-refractivity contribution is 5.94. The lowest BCUT2D eigenvalue weighted by molar-refractivity contribution is 0.0936. The maximum Gasteiger partial charge on any atom is 0.254 e. The largest absolute Gasteiger partial charge is 0.345 e. The van der Waals surface area contributed by atoms with Gasteiger partial charge in [-0.1, -0.05) is 18.2 Å². The van der Waals surface area contributed by atoms with Crippen molar-refractivity contribution in [3.05, 3.63) is 65.7 Å². The van der Waals surface area contributed by atoms with E-state index < -0.39 is 11.7 Å². The molecule has 0 aliphatic rings. The summed E-state index contributed by atoms with van der Waals surface area (Å²) in [5, 5.41) is 2.73. The van der Waals surface area contributed by atoms with Crippen molar-refractivity contribution in [2.24, 2.45) is 0 Å². The molecule has 0 saturated carbocycles. The number of nitrogens with zero attached hydrogens (tertiary/aromatic N) is 1. The summed E-state index contributed by atoms with van der Waals surface area (Å²) in [6.45, 7) is 1.83. The molecule has 1 aromatic carbocycles. The van der Waals surface area contributed by atoms with Crippen molar-refractivity contribution in [1.29, 1.82) is 0 Å². The smallest absolute Gasteiger partial charge is 0.254 e. The Hall–Kier alpha value is -2.23. The van der Waals surface area contributed by atoms with Crippen LogP contribution < -0.4 is 5.32 Å². The first-order chi connectivity index (χ1) is 8.68. The normalized spacial score (nSPS) is 11.9. The first-order valence-corrected chi connectivity index (χ1v) is 5.64. The lowest BCUT2D eigenvalue weighted by Crippen LogP contribution is -2.27. The minimum Gasteiger partial charge on any atom is -0.345 e. The Morgan fingerprint density at radius 3 is 2.72 bits per heavy atom. The third-order valence-corrected chi connectivity index (χ3v) is 2.65. The SMILES string of the molecule is CC(NC(=O)c1ccccc1F)c1cccnc1. The zero-order chi connectivity index (χ0) is 13.0. The number of carbonyl (C=O) groups is 1. The fraction of sp³-hybridized carbons (Fsp3) is 0.143. The van der Waals surface area contributed by atoms with E-state index in [-0.39, 0.29) is 11.6 Å². The number of carbonyl (C=O) groups excluding carboxylic acids is 1. The molecule has 0 spiro atoms. The van der Waals surface area contributed by atoms with Crippen molar-refractivity contribution >= 4 is 5.91 Å². The number of halogens is 1. The number of nitrogens with one attached hydrogen (secondary N) is 1. The highest BCUT2D eigenvalue weighted by Gasteiger charge is 2.14. The first-order valence-electron chi connectivity index (χ1n) is 5.64. The second-order valence-corrected chi connectivity index (χ2v) is 3.96. The van der Waals surface area contributed by atoms with E-state index in [4.69, 9.17) is 0 Å². The first kappa shape index (κ1) is 12.2. The molecule has 1 atom stereocenters. The van der Waals surface area contributed by atoms with Gasteiger partial charge in [-0.3, -0.25) is 9.78 Å². The van der Waals surface area contributed by atoms with Crippen LogP contribution in [0.1, 0.15) is 28.9 Å². The Morgan fingerprint density at radius 1 is 1.28 bits per heavy atom. The van der Waals surface area contributed by atoms with Gasteiger partial charge in [-0.2, -0.15) is 0 Å². The van der Waals surface area contributed by atoms with Gasteiger partial charge >= 0.3 is 0 Å². The van der Waals surface area contributed by atoms with Gasteiger partial charge in [-0.25, -0.2) is 4.39 Å². The van der Waals surface area contributed by atoms with Crippen molar-refractivity contribution < 1.29 is 9.18 Å². The van der Waals surface area contributed by atoms with E-state index in [1.54, 1.807) is 30.6 Å². The summed E-state index contributed by atoms with van der Waals surface area (Å²) in [7, 11) is 0. The van der Waals surface area contributed by atoms with Gasteiger partial charge in [0.15, 0.2) is 0 Å². The number of hydrogen-bond acceptors (Lipinski definition) is 2. The molecular weight excluding hydrogens is 231 g/mol. The average molecular weight is 244 g/mol. The second kappa shape index (κ2) is 5.40. The van der Waals surface area contributed by atoms with Gasteiger partial charge in [0.2, 0.25) is 0 Å². The number of pyridine rings is 1. The molecule has 0 bridgehead atoms. The van der Waals surface area contributed by atoms with Crippen molar-refractivity contribution in [3.63, 3.8) is 0 Å². The minimum atomic E-state index is -0.520. The van der Waals surface area contributed by atoms with Crippen LogP contribution in [-0.4, -0.2) is 10.9 Å². The van der Waals surface area contributed by atoms with Crippen LogP contribution in [0.15, 0.2) is 48.8 Å². The minimum absolute atomic E-state index is 0.0493. The van der Waals surface area contributed by atoms with Crippen molar-refractivity contribution in [1.82, 2.24) is 10.3 Å². The predicted molar refractivity (Wildman–Crippen MR) is 66.5 cm³/mol. The molecule has 1 N–H and O–H groups in total. The van der Waals surface area contributed by atoms with Gasteiger partial charge in [0.05, 0.1) is 11.6 Å². The maximum absolute atomic E-state index is 13.4. The number of rotatable bonds is 3. The Bertz CT molecular complexity index is 543. The Labute approximate surface area is 105 Å². The molecule has 0 fully saturated rings. The second-order valence-electron chi connectivity index (χ2n) is 3.96. The number of aromatic nitrogens is 1. The molecule has 2 aromatic rings. The van der Waals surface area contributed by atoms with Crippen LogP contribution in [0.5, 0.6) is 0 Å². The van der Waals surface area contributed by atoms with Crippen LogP contribution in [0.3, 0.4) is 0 Å². The molecule has 1 heterocycles. The van der Waals surface area contributed by atoms with E-state index in [1.807, 2.05) is 13.0 Å². The molecule has 0 aliphatic carbocycles. The number of hydrogen-bond donors (Lipinski definition) is 1. The van der Waals surface area contributed by atoms with Gasteiger partial charge in [-0.15, -0.1) is 0 Å². The lowest BCUT2D eigenvalue weighted by Gasteiger charge is -2.14. The van der Waals surface area contributed by atoms with E-state index in [0.29, 0.717) is 0 Å². The molecule has 3 nitrogen and oxygen atoms in total. The van der Waals surface area contributed by atoms with Gasteiger partial charge in [-0.05, 0) is 30.7 Å². The van der Waals surface area contributed by atoms with Crippen LogP contribution in [0, 0.1) is 5.82 Å². The zero-order valence-electron chi connectivity index (χ0n) is 9.93. The van der Waals surface area contributed by atoms with Crippen LogP contribution in [-0.2, 0) is 0 Å². The molecule has 2 rings (SSSR count). The fourth-order valence-electron chi connectivity index (χ4n) is 1.64. The van der Waals surface area contributed by atoms with E-state index in [1.165, 1.54) is 12.1 Å².